The number of ketones is 1. The molecule has 25 heavy (non-hydrogen) atoms. The molecule has 0 aromatic carbocycles. The highest BCUT2D eigenvalue weighted by atomic mass is 32.2. The first-order valence-electron chi connectivity index (χ1n) is 9.28. The summed E-state index contributed by atoms with van der Waals surface area (Å²) in [6.07, 6.45) is 8.76. The molecule has 1 N–H and O–H groups in total. The number of halogens is 1. The minimum atomic E-state index is -1.76. The summed E-state index contributed by atoms with van der Waals surface area (Å²) in [4.78, 5) is 11.8. The average Bonchev–Trinajstić information content (AvgIpc) is 2.87. The summed E-state index contributed by atoms with van der Waals surface area (Å²) in [6, 6.07) is 0. The minimum absolute atomic E-state index is 0.0323. The molecule has 4 aliphatic carbocycles. The Morgan fingerprint density at radius 3 is 2.64 bits per heavy atom. The van der Waals surface area contributed by atoms with Crippen molar-refractivity contribution in [2.45, 2.75) is 63.0 Å². The van der Waals surface area contributed by atoms with Gasteiger partial charge in [-0.3, -0.25) is 9.00 Å². The lowest BCUT2D eigenvalue weighted by atomic mass is 9.46. The van der Waals surface area contributed by atoms with Gasteiger partial charge in [0.15, 0.2) is 11.5 Å². The van der Waals surface area contributed by atoms with E-state index in [1.165, 1.54) is 6.08 Å². The number of rotatable bonds is 1. The maximum absolute atomic E-state index is 16.7. The molecule has 0 aromatic heterocycles. The molecule has 5 heteroatoms. The van der Waals surface area contributed by atoms with Gasteiger partial charge in [0.25, 0.3) is 0 Å². The fourth-order valence-corrected chi connectivity index (χ4v) is 8.20. The van der Waals surface area contributed by atoms with Crippen molar-refractivity contribution in [3.8, 4) is 0 Å². The average molecular weight is 366 g/mol. The molecule has 138 valence electrons. The standard InChI is InChI=1S/C20H27FO3S/c1-18-11-16(23)20(21)15(14(18)6-7-17(18)25(3)24)5-4-12-10-13(22)8-9-19(12,20)2/h8-10,14-17,23H,4-7,11H2,1-3H3/t14-,15-,16-,17-,18-,19-,20?,25?/m0/s1. The number of aliphatic hydroxyl groups excluding tert-OH is 1. The number of aliphatic hydroxyl groups is 1. The van der Waals surface area contributed by atoms with Gasteiger partial charge in [-0.2, -0.15) is 0 Å². The number of alkyl halides is 1. The fourth-order valence-electron chi connectivity index (χ4n) is 6.71. The van der Waals surface area contributed by atoms with Crippen LogP contribution < -0.4 is 0 Å². The number of carbonyl (C=O) groups is 1. The first-order chi connectivity index (χ1) is 11.6. The van der Waals surface area contributed by atoms with Crippen LogP contribution in [0.5, 0.6) is 0 Å². The Morgan fingerprint density at radius 1 is 1.24 bits per heavy atom. The second-order valence-electron chi connectivity index (χ2n) is 8.92. The molecule has 8 atom stereocenters. The van der Waals surface area contributed by atoms with E-state index in [1.54, 1.807) is 18.4 Å². The highest BCUT2D eigenvalue weighted by Crippen LogP contribution is 2.68. The third kappa shape index (κ3) is 2.05. The Labute approximate surface area is 151 Å². The summed E-state index contributed by atoms with van der Waals surface area (Å²) in [5.41, 5.74) is -2.14. The van der Waals surface area contributed by atoms with Crippen LogP contribution in [0.3, 0.4) is 0 Å². The highest BCUT2D eigenvalue weighted by Gasteiger charge is 2.70. The molecule has 4 aliphatic rings. The summed E-state index contributed by atoms with van der Waals surface area (Å²) >= 11 is 0. The van der Waals surface area contributed by atoms with Gasteiger partial charge in [-0.1, -0.05) is 18.6 Å². The molecule has 0 spiro atoms. The zero-order valence-electron chi connectivity index (χ0n) is 15.1. The Hall–Kier alpha value is -0.810. The monoisotopic (exact) mass is 366 g/mol. The summed E-state index contributed by atoms with van der Waals surface area (Å²) in [7, 11) is -0.966. The molecule has 3 fully saturated rings. The van der Waals surface area contributed by atoms with Crippen LogP contribution in [0.15, 0.2) is 23.8 Å². The number of allylic oxidation sites excluding steroid dienone is 4. The van der Waals surface area contributed by atoms with E-state index in [1.807, 2.05) is 6.92 Å². The van der Waals surface area contributed by atoms with Crippen molar-refractivity contribution in [3.05, 3.63) is 23.8 Å². The molecule has 0 saturated heterocycles. The van der Waals surface area contributed by atoms with Gasteiger partial charge in [0.05, 0.1) is 6.10 Å². The molecule has 3 nitrogen and oxygen atoms in total. The Balaban J connectivity index is 1.81. The first-order valence-corrected chi connectivity index (χ1v) is 10.9. The van der Waals surface area contributed by atoms with E-state index < -0.39 is 28.0 Å². The molecule has 0 aromatic rings. The fraction of sp³-hybridized carbons (Fsp3) is 0.750. The van der Waals surface area contributed by atoms with Gasteiger partial charge in [-0.25, -0.2) is 4.39 Å². The summed E-state index contributed by atoms with van der Waals surface area (Å²) in [5.74, 6) is -0.207. The van der Waals surface area contributed by atoms with Gasteiger partial charge in [0.1, 0.15) is 0 Å². The molecule has 3 saturated carbocycles. The molecule has 4 rings (SSSR count). The summed E-state index contributed by atoms with van der Waals surface area (Å²) < 4.78 is 28.9. The van der Waals surface area contributed by atoms with Crippen LogP contribution in [0.1, 0.15) is 46.0 Å². The van der Waals surface area contributed by atoms with E-state index in [0.717, 1.165) is 18.4 Å². The molecule has 0 heterocycles. The summed E-state index contributed by atoms with van der Waals surface area (Å²) in [5, 5.41) is 11.1. The largest absolute Gasteiger partial charge is 0.390 e. The van der Waals surface area contributed by atoms with Gasteiger partial charge >= 0.3 is 0 Å². The molecular formula is C20H27FO3S. The van der Waals surface area contributed by atoms with E-state index in [0.29, 0.717) is 19.3 Å². The number of hydrogen-bond acceptors (Lipinski definition) is 3. The lowest BCUT2D eigenvalue weighted by molar-refractivity contribution is -0.188. The minimum Gasteiger partial charge on any atom is -0.390 e. The highest BCUT2D eigenvalue weighted by molar-refractivity contribution is 7.85. The van der Waals surface area contributed by atoms with Crippen LogP contribution in [0, 0.1) is 22.7 Å². The van der Waals surface area contributed by atoms with Gasteiger partial charge in [0, 0.05) is 33.6 Å². The smallest absolute Gasteiger partial charge is 0.178 e. The van der Waals surface area contributed by atoms with Crippen LogP contribution >= 0.6 is 0 Å². The molecule has 0 aliphatic heterocycles. The third-order valence-electron chi connectivity index (χ3n) is 7.95. The van der Waals surface area contributed by atoms with Gasteiger partial charge in [0.2, 0.25) is 0 Å². The Kier molecular flexibility index (Phi) is 3.77. The van der Waals surface area contributed by atoms with Crippen molar-refractivity contribution < 1.29 is 18.5 Å². The van der Waals surface area contributed by atoms with Crippen molar-refractivity contribution in [2.24, 2.45) is 22.7 Å². The third-order valence-corrected chi connectivity index (χ3v) is 9.53. The number of hydrogen-bond donors (Lipinski definition) is 1. The number of carbonyl (C=O) groups excluding carboxylic acids is 1. The Morgan fingerprint density at radius 2 is 1.96 bits per heavy atom. The lowest BCUT2D eigenvalue weighted by Crippen LogP contribution is -2.67. The predicted octanol–water partition coefficient (Wildman–Crippen LogP) is 3.10. The van der Waals surface area contributed by atoms with E-state index >= 15 is 4.39 Å². The zero-order valence-corrected chi connectivity index (χ0v) is 15.9. The topological polar surface area (TPSA) is 54.4 Å². The SMILES string of the molecule is CS(=O)[C@H]1CC[C@H]2[C@@H]3CCC4=CC(=O)C=C[C@]4(C)C3(F)[C@@H](O)C[C@]12C. The van der Waals surface area contributed by atoms with Gasteiger partial charge < -0.3 is 5.11 Å². The molecule has 0 amide bonds. The Bertz CT molecular complexity index is 716. The number of fused-ring (bicyclic) bond motifs is 5. The quantitative estimate of drug-likeness (QED) is 0.776. The van der Waals surface area contributed by atoms with Crippen molar-refractivity contribution in [1.29, 1.82) is 0 Å². The van der Waals surface area contributed by atoms with Gasteiger partial charge in [-0.15, -0.1) is 0 Å². The molecular weight excluding hydrogens is 339 g/mol. The lowest BCUT2D eigenvalue weighted by Gasteiger charge is -2.61. The predicted molar refractivity (Wildman–Crippen MR) is 96.2 cm³/mol. The van der Waals surface area contributed by atoms with Crippen molar-refractivity contribution in [1.82, 2.24) is 0 Å². The van der Waals surface area contributed by atoms with Crippen molar-refractivity contribution in [2.75, 3.05) is 6.26 Å². The van der Waals surface area contributed by atoms with E-state index in [9.17, 15) is 14.1 Å². The normalized spacial score (nSPS) is 52.8. The molecule has 0 bridgehead atoms. The van der Waals surface area contributed by atoms with Crippen LogP contribution in [0.4, 0.5) is 4.39 Å². The van der Waals surface area contributed by atoms with E-state index in [-0.39, 0.29) is 28.3 Å². The van der Waals surface area contributed by atoms with Crippen LogP contribution in [0.2, 0.25) is 0 Å². The maximum Gasteiger partial charge on any atom is 0.178 e. The second-order valence-corrected chi connectivity index (χ2v) is 10.5. The van der Waals surface area contributed by atoms with Crippen LogP contribution in [-0.2, 0) is 15.6 Å². The molecule has 0 radical (unpaired) electrons. The maximum atomic E-state index is 16.7. The first kappa shape index (κ1) is 17.6. The summed E-state index contributed by atoms with van der Waals surface area (Å²) in [6.45, 7) is 3.94. The van der Waals surface area contributed by atoms with Crippen LogP contribution in [-0.4, -0.2) is 38.4 Å². The van der Waals surface area contributed by atoms with Crippen molar-refractivity contribution in [3.63, 3.8) is 0 Å². The van der Waals surface area contributed by atoms with Crippen molar-refractivity contribution >= 4 is 16.6 Å². The molecule has 2 unspecified atom stereocenters. The van der Waals surface area contributed by atoms with E-state index in [2.05, 4.69) is 6.92 Å². The second kappa shape index (κ2) is 5.35. The van der Waals surface area contributed by atoms with E-state index in [4.69, 9.17) is 0 Å². The van der Waals surface area contributed by atoms with Crippen LogP contribution in [0.25, 0.3) is 0 Å². The zero-order chi connectivity index (χ0) is 18.2. The van der Waals surface area contributed by atoms with Gasteiger partial charge in [-0.05, 0) is 62.5 Å².